The number of carbonyl (C=O) groups is 1. The van der Waals surface area contributed by atoms with Crippen molar-refractivity contribution in [2.75, 3.05) is 0 Å². The lowest BCUT2D eigenvalue weighted by molar-refractivity contribution is 0.101. The summed E-state index contributed by atoms with van der Waals surface area (Å²) in [4.78, 5) is 11.0. The van der Waals surface area contributed by atoms with Gasteiger partial charge in [-0.15, -0.1) is 0 Å². The van der Waals surface area contributed by atoms with Crippen LogP contribution in [0.25, 0.3) is 0 Å². The molecule has 0 aliphatic rings. The molecule has 1 rings (SSSR count). The summed E-state index contributed by atoms with van der Waals surface area (Å²) < 4.78 is 25.9. The van der Waals surface area contributed by atoms with Crippen molar-refractivity contribution in [1.29, 1.82) is 0 Å². The molecule has 0 spiro atoms. The number of ketones is 1. The molecule has 1 nitrogen and oxygen atoms in total. The summed E-state index contributed by atoms with van der Waals surface area (Å²) in [5, 5.41) is 0. The van der Waals surface area contributed by atoms with E-state index in [1.807, 2.05) is 0 Å². The molecule has 13 heavy (non-hydrogen) atoms. The molecule has 4 heteroatoms. The van der Waals surface area contributed by atoms with E-state index in [9.17, 15) is 13.6 Å². The monoisotopic (exact) mass is 180 g/mol. The standard InChI is InChI=1S/C9H7BF2O/c1-5-2-8(12)6(3-7(5)11)9(13)4-10/h2-3H,4H2,1H3. The van der Waals surface area contributed by atoms with Gasteiger partial charge in [0.15, 0.2) is 5.78 Å². The van der Waals surface area contributed by atoms with E-state index < -0.39 is 17.4 Å². The Bertz CT molecular complexity index is 350. The lowest BCUT2D eigenvalue weighted by atomic mass is 9.95. The molecule has 66 valence electrons. The second-order valence-electron chi connectivity index (χ2n) is 2.71. The molecule has 0 aliphatic carbocycles. The average Bonchev–Trinajstić information content (AvgIpc) is 2.10. The van der Waals surface area contributed by atoms with Gasteiger partial charge < -0.3 is 0 Å². The molecule has 0 aromatic heterocycles. The Morgan fingerprint density at radius 1 is 1.38 bits per heavy atom. The summed E-state index contributed by atoms with van der Waals surface area (Å²) >= 11 is 0. The second kappa shape index (κ2) is 3.68. The molecule has 0 amide bonds. The minimum absolute atomic E-state index is 0.172. The molecular weight excluding hydrogens is 173 g/mol. The Morgan fingerprint density at radius 3 is 2.54 bits per heavy atom. The Labute approximate surface area is 76.2 Å². The van der Waals surface area contributed by atoms with Gasteiger partial charge in [-0.25, -0.2) is 8.78 Å². The Kier molecular flexibility index (Phi) is 2.81. The van der Waals surface area contributed by atoms with E-state index in [1.165, 1.54) is 6.92 Å². The topological polar surface area (TPSA) is 17.1 Å². The van der Waals surface area contributed by atoms with Crippen LogP contribution in [0.1, 0.15) is 15.9 Å². The zero-order valence-electron chi connectivity index (χ0n) is 7.10. The van der Waals surface area contributed by atoms with E-state index in [1.54, 1.807) is 0 Å². The van der Waals surface area contributed by atoms with Gasteiger partial charge >= 0.3 is 0 Å². The zero-order chi connectivity index (χ0) is 10.0. The Balaban J connectivity index is 3.23. The van der Waals surface area contributed by atoms with E-state index in [-0.39, 0.29) is 17.4 Å². The van der Waals surface area contributed by atoms with Crippen LogP contribution < -0.4 is 0 Å². The van der Waals surface area contributed by atoms with Gasteiger partial charge in [0.2, 0.25) is 0 Å². The molecule has 0 heterocycles. The lowest BCUT2D eigenvalue weighted by Crippen LogP contribution is -2.03. The van der Waals surface area contributed by atoms with Crippen LogP contribution in [0.4, 0.5) is 8.78 Å². The SMILES string of the molecule is [B]CC(=O)c1cc(F)c(C)cc1F. The molecule has 0 bridgehead atoms. The Morgan fingerprint density at radius 2 is 2.00 bits per heavy atom. The van der Waals surface area contributed by atoms with Gasteiger partial charge in [0.25, 0.3) is 0 Å². The van der Waals surface area contributed by atoms with E-state index in [2.05, 4.69) is 0 Å². The van der Waals surface area contributed by atoms with Crippen LogP contribution in [0.5, 0.6) is 0 Å². The highest BCUT2D eigenvalue weighted by Gasteiger charge is 2.12. The van der Waals surface area contributed by atoms with Crippen molar-refractivity contribution >= 4 is 13.6 Å². The highest BCUT2D eigenvalue weighted by Crippen LogP contribution is 2.15. The third-order valence-corrected chi connectivity index (χ3v) is 1.73. The van der Waals surface area contributed by atoms with E-state index in [0.717, 1.165) is 12.1 Å². The van der Waals surface area contributed by atoms with Crippen LogP contribution in [0.2, 0.25) is 6.32 Å². The molecule has 0 N–H and O–H groups in total. The van der Waals surface area contributed by atoms with Gasteiger partial charge in [0, 0.05) is 0 Å². The van der Waals surface area contributed by atoms with Gasteiger partial charge in [0.1, 0.15) is 11.6 Å². The third kappa shape index (κ3) is 1.94. The minimum atomic E-state index is -0.727. The van der Waals surface area contributed by atoms with Crippen molar-refractivity contribution in [3.05, 3.63) is 34.9 Å². The van der Waals surface area contributed by atoms with E-state index >= 15 is 0 Å². The van der Waals surface area contributed by atoms with E-state index in [4.69, 9.17) is 7.85 Å². The highest BCUT2D eigenvalue weighted by atomic mass is 19.1. The fraction of sp³-hybridized carbons (Fsp3) is 0.222. The van der Waals surface area contributed by atoms with Crippen LogP contribution in [-0.2, 0) is 0 Å². The predicted octanol–water partition coefficient (Wildman–Crippen LogP) is 2.04. The third-order valence-electron chi connectivity index (χ3n) is 1.73. The first-order valence-corrected chi connectivity index (χ1v) is 3.75. The van der Waals surface area contributed by atoms with Gasteiger partial charge in [-0.05, 0) is 30.9 Å². The molecule has 0 unspecified atom stereocenters. The zero-order valence-corrected chi connectivity index (χ0v) is 7.10. The van der Waals surface area contributed by atoms with Gasteiger partial charge in [-0.1, -0.05) is 0 Å². The highest BCUT2D eigenvalue weighted by molar-refractivity contribution is 6.24. The summed E-state index contributed by atoms with van der Waals surface area (Å²) in [5.74, 6) is -1.93. The van der Waals surface area contributed by atoms with E-state index in [0.29, 0.717) is 0 Å². The van der Waals surface area contributed by atoms with Crippen LogP contribution in [-0.4, -0.2) is 13.6 Å². The maximum atomic E-state index is 13.0. The molecule has 0 fully saturated rings. The minimum Gasteiger partial charge on any atom is -0.295 e. The maximum absolute atomic E-state index is 13.0. The van der Waals surface area contributed by atoms with Crippen molar-refractivity contribution in [2.24, 2.45) is 0 Å². The summed E-state index contributed by atoms with van der Waals surface area (Å²) in [5.41, 5.74) is -0.114. The van der Waals surface area contributed by atoms with Crippen molar-refractivity contribution < 1.29 is 13.6 Å². The first-order chi connectivity index (χ1) is 6.06. The molecule has 1 aromatic rings. The van der Waals surface area contributed by atoms with Gasteiger partial charge in [0.05, 0.1) is 13.4 Å². The molecular formula is C9H7BF2O. The first kappa shape index (κ1) is 9.90. The molecule has 0 saturated carbocycles. The Hall–Kier alpha value is -1.19. The predicted molar refractivity (Wildman–Crippen MR) is 46.0 cm³/mol. The summed E-state index contributed by atoms with van der Waals surface area (Å²) in [7, 11) is 5.02. The molecule has 0 atom stereocenters. The smallest absolute Gasteiger partial charge is 0.157 e. The first-order valence-electron chi connectivity index (χ1n) is 3.75. The number of hydrogen-bond acceptors (Lipinski definition) is 1. The average molecular weight is 180 g/mol. The second-order valence-corrected chi connectivity index (χ2v) is 2.71. The molecule has 2 radical (unpaired) electrons. The summed E-state index contributed by atoms with van der Waals surface area (Å²) in [6.45, 7) is 1.43. The largest absolute Gasteiger partial charge is 0.295 e. The molecule has 0 aliphatic heterocycles. The van der Waals surface area contributed by atoms with Crippen molar-refractivity contribution in [3.8, 4) is 0 Å². The van der Waals surface area contributed by atoms with Crippen LogP contribution >= 0.6 is 0 Å². The van der Waals surface area contributed by atoms with Crippen LogP contribution in [0.15, 0.2) is 12.1 Å². The number of Topliss-reactive ketones (excluding diaryl/α,β-unsaturated/α-hetero) is 1. The fourth-order valence-corrected chi connectivity index (χ4v) is 0.970. The number of aryl methyl sites for hydroxylation is 1. The lowest BCUT2D eigenvalue weighted by Gasteiger charge is -2.02. The van der Waals surface area contributed by atoms with Crippen molar-refractivity contribution in [2.45, 2.75) is 13.2 Å². The van der Waals surface area contributed by atoms with Gasteiger partial charge in [-0.2, -0.15) is 0 Å². The number of carbonyl (C=O) groups excluding carboxylic acids is 1. The van der Waals surface area contributed by atoms with Crippen LogP contribution in [0, 0.1) is 18.6 Å². The molecule has 0 saturated heterocycles. The fourth-order valence-electron chi connectivity index (χ4n) is 0.970. The normalized spacial score (nSPS) is 10.1. The van der Waals surface area contributed by atoms with Crippen molar-refractivity contribution in [3.63, 3.8) is 0 Å². The number of benzene rings is 1. The summed E-state index contributed by atoms with van der Waals surface area (Å²) in [6, 6.07) is 1.86. The van der Waals surface area contributed by atoms with Crippen LogP contribution in [0.3, 0.4) is 0 Å². The van der Waals surface area contributed by atoms with Crippen molar-refractivity contribution in [1.82, 2.24) is 0 Å². The number of hydrogen-bond donors (Lipinski definition) is 0. The number of halogens is 2. The quantitative estimate of drug-likeness (QED) is 0.502. The summed E-state index contributed by atoms with van der Waals surface area (Å²) in [6.07, 6.45) is -0.320. The van der Waals surface area contributed by atoms with Gasteiger partial charge in [-0.3, -0.25) is 4.79 Å². The molecule has 1 aromatic carbocycles. The number of rotatable bonds is 2. The maximum Gasteiger partial charge on any atom is 0.157 e.